The Bertz CT molecular complexity index is 821. The van der Waals surface area contributed by atoms with Crippen LogP contribution in [0.25, 0.3) is 0 Å². The lowest BCUT2D eigenvalue weighted by molar-refractivity contribution is 0.793. The fourth-order valence-corrected chi connectivity index (χ4v) is 3.85. The smallest absolute Gasteiger partial charge is 0.104 e. The van der Waals surface area contributed by atoms with Crippen LogP contribution in [0.4, 0.5) is 0 Å². The average molecular weight is 483 g/mol. The van der Waals surface area contributed by atoms with Crippen molar-refractivity contribution >= 4 is 11.6 Å². The van der Waals surface area contributed by atoms with E-state index >= 15 is 0 Å². The zero-order valence-corrected chi connectivity index (χ0v) is 24.5. The lowest BCUT2D eigenvalue weighted by Crippen LogP contribution is -2.23. The van der Waals surface area contributed by atoms with E-state index in [4.69, 9.17) is 11.6 Å². The first-order chi connectivity index (χ1) is 16.6. The summed E-state index contributed by atoms with van der Waals surface area (Å²) in [5.41, 5.74) is 5.95. The molecule has 0 aliphatic rings. The molecule has 3 aromatic carbocycles. The summed E-state index contributed by atoms with van der Waals surface area (Å²) in [6.07, 6.45) is 4.82. The van der Waals surface area contributed by atoms with Crippen LogP contribution in [0.1, 0.15) is 109 Å². The zero-order valence-electron chi connectivity index (χ0n) is 23.7. The summed E-state index contributed by atoms with van der Waals surface area (Å²) in [4.78, 5) is -0.671. The average Bonchev–Trinajstić information content (AvgIpc) is 2.92. The minimum absolute atomic E-state index is 0.671. The Morgan fingerprint density at radius 1 is 0.618 bits per heavy atom. The van der Waals surface area contributed by atoms with Crippen LogP contribution in [-0.4, -0.2) is 0 Å². The van der Waals surface area contributed by atoms with Gasteiger partial charge < -0.3 is 0 Å². The Labute approximate surface area is 217 Å². The van der Waals surface area contributed by atoms with Gasteiger partial charge in [0, 0.05) is 0 Å². The fraction of sp³-hybridized carbons (Fsp3) is 0.455. The Morgan fingerprint density at radius 2 is 1.06 bits per heavy atom. The lowest BCUT2D eigenvalue weighted by atomic mass is 9.82. The molecule has 1 heteroatoms. The van der Waals surface area contributed by atoms with Gasteiger partial charge in [-0.3, -0.25) is 0 Å². The number of hydrogen-bond donors (Lipinski definition) is 0. The van der Waals surface area contributed by atoms with Gasteiger partial charge in [-0.2, -0.15) is 0 Å². The quantitative estimate of drug-likeness (QED) is 0.242. The summed E-state index contributed by atoms with van der Waals surface area (Å²) in [6, 6.07) is 27.6. The van der Waals surface area contributed by atoms with Crippen LogP contribution in [0.15, 0.2) is 78.9 Å². The number of hydrogen-bond acceptors (Lipinski definition) is 0. The Kier molecular flexibility index (Phi) is 21.6. The molecular formula is C33H51Cl. The minimum atomic E-state index is -0.671. The van der Waals surface area contributed by atoms with E-state index in [1.807, 2.05) is 47.6 Å². The predicted molar refractivity (Wildman–Crippen MR) is 158 cm³/mol. The van der Waals surface area contributed by atoms with Crippen LogP contribution in [0.5, 0.6) is 0 Å². The second-order valence-electron chi connectivity index (χ2n) is 7.35. The van der Waals surface area contributed by atoms with Gasteiger partial charge in [-0.05, 0) is 47.6 Å². The molecule has 3 rings (SSSR count). The molecule has 0 spiro atoms. The second-order valence-corrected chi connectivity index (χ2v) is 7.91. The van der Waals surface area contributed by atoms with E-state index in [1.165, 1.54) is 30.4 Å². The highest BCUT2D eigenvalue weighted by atomic mass is 35.5. The van der Waals surface area contributed by atoms with E-state index in [1.54, 1.807) is 0 Å². The largest absolute Gasteiger partial charge is 0.120 e. The molecule has 0 amide bonds. The highest BCUT2D eigenvalue weighted by Gasteiger charge is 2.35. The van der Waals surface area contributed by atoms with Crippen LogP contribution in [0.2, 0.25) is 0 Å². The number of alkyl halides is 1. The SMILES string of the molecule is CC.CC.CC.CCC.CCCCc1ccc(C(Cl)(c2ccccc2)c2ccccc2C)cc1. The Hall–Kier alpha value is -2.05. The molecule has 0 bridgehead atoms. The predicted octanol–water partition coefficient (Wildman–Crippen LogP) is 11.4. The monoisotopic (exact) mass is 482 g/mol. The van der Waals surface area contributed by atoms with Crippen LogP contribution < -0.4 is 0 Å². The summed E-state index contributed by atoms with van der Waals surface area (Å²) in [5, 5.41) is 0. The standard InChI is InChI=1S/C24H25Cl.C3H8.3C2H6/c1-3-4-11-20-15-17-22(18-16-20)24(25,21-12-6-5-7-13-21)23-14-9-8-10-19(23)2;1-3-2;3*1-2/h5-10,12-18H,3-4,11H2,1-2H3;3H2,1-2H3;3*1-2H3. The van der Waals surface area contributed by atoms with E-state index in [9.17, 15) is 0 Å². The number of benzene rings is 3. The maximum Gasteiger partial charge on any atom is 0.120 e. The van der Waals surface area contributed by atoms with Crippen molar-refractivity contribution in [2.24, 2.45) is 0 Å². The van der Waals surface area contributed by atoms with E-state index < -0.39 is 4.87 Å². The summed E-state index contributed by atoms with van der Waals surface area (Å²) < 4.78 is 0. The third kappa shape index (κ3) is 10.5. The molecule has 0 fully saturated rings. The summed E-state index contributed by atoms with van der Waals surface area (Å²) in [6.45, 7) is 20.6. The summed E-state index contributed by atoms with van der Waals surface area (Å²) in [7, 11) is 0. The maximum atomic E-state index is 7.38. The first-order valence-corrected chi connectivity index (χ1v) is 13.9. The number of halogens is 1. The molecule has 0 saturated carbocycles. The molecule has 34 heavy (non-hydrogen) atoms. The van der Waals surface area contributed by atoms with Crippen LogP contribution in [0, 0.1) is 6.92 Å². The van der Waals surface area contributed by atoms with Gasteiger partial charge in [0.2, 0.25) is 0 Å². The fourth-order valence-electron chi connectivity index (χ4n) is 3.39. The third-order valence-corrected chi connectivity index (χ3v) is 5.50. The van der Waals surface area contributed by atoms with Crippen molar-refractivity contribution in [1.82, 2.24) is 0 Å². The van der Waals surface area contributed by atoms with Crippen LogP contribution >= 0.6 is 11.6 Å². The molecule has 0 N–H and O–H groups in total. The van der Waals surface area contributed by atoms with Gasteiger partial charge in [0.25, 0.3) is 0 Å². The molecule has 0 nitrogen and oxygen atoms in total. The second kappa shape index (κ2) is 21.5. The lowest BCUT2D eigenvalue weighted by Gasteiger charge is -2.30. The van der Waals surface area contributed by atoms with E-state index in [0.29, 0.717) is 0 Å². The Morgan fingerprint density at radius 3 is 1.53 bits per heavy atom. The van der Waals surface area contributed by atoms with Gasteiger partial charge >= 0.3 is 0 Å². The Balaban J connectivity index is 0. The van der Waals surface area contributed by atoms with E-state index in [0.717, 1.165) is 23.1 Å². The van der Waals surface area contributed by atoms with Crippen LogP contribution in [0.3, 0.4) is 0 Å². The molecule has 0 aliphatic carbocycles. The third-order valence-electron chi connectivity index (χ3n) is 4.86. The first-order valence-electron chi connectivity index (χ1n) is 13.5. The number of rotatable bonds is 6. The highest BCUT2D eigenvalue weighted by molar-refractivity contribution is 6.28. The molecule has 0 saturated heterocycles. The molecule has 0 aliphatic heterocycles. The number of unbranched alkanes of at least 4 members (excludes halogenated alkanes) is 1. The molecule has 1 atom stereocenters. The normalized spacial score (nSPS) is 10.9. The molecule has 190 valence electrons. The molecule has 0 radical (unpaired) electrons. The van der Waals surface area contributed by atoms with Crippen molar-refractivity contribution in [2.75, 3.05) is 0 Å². The van der Waals surface area contributed by atoms with Crippen molar-refractivity contribution in [2.45, 2.75) is 99.8 Å². The minimum Gasteiger partial charge on any atom is -0.104 e. The molecule has 0 aromatic heterocycles. The zero-order chi connectivity index (χ0) is 26.4. The maximum absolute atomic E-state index is 7.38. The topological polar surface area (TPSA) is 0 Å². The summed E-state index contributed by atoms with van der Waals surface area (Å²) >= 11 is 7.38. The van der Waals surface area contributed by atoms with Gasteiger partial charge in [0.1, 0.15) is 4.87 Å². The molecule has 1 unspecified atom stereocenters. The van der Waals surface area contributed by atoms with Crippen LogP contribution in [-0.2, 0) is 11.3 Å². The van der Waals surface area contributed by atoms with Crippen molar-refractivity contribution in [1.29, 1.82) is 0 Å². The van der Waals surface area contributed by atoms with Crippen molar-refractivity contribution in [3.05, 3.63) is 107 Å². The van der Waals surface area contributed by atoms with Gasteiger partial charge in [0.15, 0.2) is 0 Å². The van der Waals surface area contributed by atoms with Gasteiger partial charge in [0.05, 0.1) is 0 Å². The van der Waals surface area contributed by atoms with Crippen molar-refractivity contribution in [3.8, 4) is 0 Å². The van der Waals surface area contributed by atoms with Gasteiger partial charge in [-0.25, -0.2) is 0 Å². The van der Waals surface area contributed by atoms with Crippen molar-refractivity contribution < 1.29 is 0 Å². The molecule has 3 aromatic rings. The summed E-state index contributed by atoms with van der Waals surface area (Å²) in [5.74, 6) is 0. The van der Waals surface area contributed by atoms with E-state index in [-0.39, 0.29) is 0 Å². The van der Waals surface area contributed by atoms with Gasteiger partial charge in [-0.15, -0.1) is 11.6 Å². The van der Waals surface area contributed by atoms with E-state index in [2.05, 4.69) is 100 Å². The molecule has 0 heterocycles. The van der Waals surface area contributed by atoms with Crippen molar-refractivity contribution in [3.63, 3.8) is 0 Å². The highest BCUT2D eigenvalue weighted by Crippen LogP contribution is 2.44. The first kappa shape index (κ1) is 34.1. The van der Waals surface area contributed by atoms with Gasteiger partial charge in [-0.1, -0.05) is 154 Å². The number of aryl methyl sites for hydroxylation is 2. The molecular weight excluding hydrogens is 432 g/mol.